The summed E-state index contributed by atoms with van der Waals surface area (Å²) in [6.07, 6.45) is 7.89. The fraction of sp³-hybridized carbons (Fsp3) is 0.353. The topological polar surface area (TPSA) is 46.3 Å². The summed E-state index contributed by atoms with van der Waals surface area (Å²) in [6.45, 7) is 3.10. The number of nitrogens with zero attached hydrogens (tertiary/aromatic N) is 5. The lowest BCUT2D eigenvalue weighted by Crippen LogP contribution is -2.30. The smallest absolute Gasteiger partial charge is 0.235 e. The van der Waals surface area contributed by atoms with Gasteiger partial charge >= 0.3 is 0 Å². The van der Waals surface area contributed by atoms with Crippen molar-refractivity contribution in [3.05, 3.63) is 45.7 Å². The van der Waals surface area contributed by atoms with E-state index in [9.17, 15) is 0 Å². The summed E-state index contributed by atoms with van der Waals surface area (Å²) in [7, 11) is 0. The molecule has 0 aliphatic carbocycles. The van der Waals surface area contributed by atoms with Crippen LogP contribution in [-0.2, 0) is 6.54 Å². The minimum Gasteiger partial charge on any atom is -0.296 e. The van der Waals surface area contributed by atoms with Crippen LogP contribution in [0.3, 0.4) is 0 Å². The number of piperidine rings is 1. The molecular formula is C17H18ClN5S. The van der Waals surface area contributed by atoms with Crippen molar-refractivity contribution < 1.29 is 0 Å². The Morgan fingerprint density at radius 2 is 2.00 bits per heavy atom. The molecule has 5 nitrogen and oxygen atoms in total. The van der Waals surface area contributed by atoms with Crippen molar-refractivity contribution >= 4 is 40.1 Å². The number of likely N-dealkylation sites (tertiary alicyclic amines) is 1. The number of benzene rings is 1. The van der Waals surface area contributed by atoms with E-state index in [-0.39, 0.29) is 0 Å². The molecule has 1 aromatic carbocycles. The van der Waals surface area contributed by atoms with Gasteiger partial charge in [-0.2, -0.15) is 9.61 Å². The second kappa shape index (κ2) is 7.01. The highest BCUT2D eigenvalue weighted by molar-refractivity contribution is 7.17. The van der Waals surface area contributed by atoms with Crippen LogP contribution in [0, 0.1) is 0 Å². The zero-order valence-electron chi connectivity index (χ0n) is 13.2. The predicted octanol–water partition coefficient (Wildman–Crippen LogP) is 4.00. The second-order valence-corrected chi connectivity index (χ2v) is 7.40. The highest BCUT2D eigenvalue weighted by Crippen LogP contribution is 2.19. The molecule has 1 fully saturated rings. The van der Waals surface area contributed by atoms with Gasteiger partial charge in [0.15, 0.2) is 5.82 Å². The highest BCUT2D eigenvalue weighted by Gasteiger charge is 2.16. The molecule has 0 spiro atoms. The van der Waals surface area contributed by atoms with E-state index in [1.54, 1.807) is 11.3 Å². The number of rotatable bonds is 4. The van der Waals surface area contributed by atoms with Gasteiger partial charge in [0.1, 0.15) is 5.01 Å². The van der Waals surface area contributed by atoms with E-state index in [1.165, 1.54) is 19.3 Å². The van der Waals surface area contributed by atoms with E-state index in [2.05, 4.69) is 20.2 Å². The summed E-state index contributed by atoms with van der Waals surface area (Å²) in [5.74, 6) is 0.922. The van der Waals surface area contributed by atoms with Crippen LogP contribution >= 0.6 is 22.9 Å². The average Bonchev–Trinajstić information content (AvgIpc) is 3.16. The molecule has 2 aromatic heterocycles. The summed E-state index contributed by atoms with van der Waals surface area (Å²) < 4.78 is 1.87. The van der Waals surface area contributed by atoms with Gasteiger partial charge in [-0.15, -0.1) is 10.2 Å². The van der Waals surface area contributed by atoms with Crippen LogP contribution in [0.1, 0.15) is 35.7 Å². The summed E-state index contributed by atoms with van der Waals surface area (Å²) in [5.41, 5.74) is 1.06. The predicted molar refractivity (Wildman–Crippen MR) is 98.2 cm³/mol. The standard InChI is InChI=1S/C17H18ClN5S/c18-14-6-4-5-13(11-14)7-8-16-21-23-15(19-20-17(23)24-16)12-22-9-2-1-3-10-22/h4-8,11H,1-3,9-10,12H2/b8-7+. The molecule has 0 saturated carbocycles. The normalized spacial score (nSPS) is 16.4. The van der Waals surface area contributed by atoms with Crippen LogP contribution in [0.2, 0.25) is 5.02 Å². The largest absolute Gasteiger partial charge is 0.296 e. The summed E-state index contributed by atoms with van der Waals surface area (Å²) in [6, 6.07) is 7.76. The highest BCUT2D eigenvalue weighted by atomic mass is 35.5. The van der Waals surface area contributed by atoms with Crippen LogP contribution < -0.4 is 0 Å². The Morgan fingerprint density at radius 3 is 2.83 bits per heavy atom. The Bertz CT molecular complexity index is 863. The number of aromatic nitrogens is 4. The van der Waals surface area contributed by atoms with Crippen molar-refractivity contribution in [3.8, 4) is 0 Å². The van der Waals surface area contributed by atoms with Crippen LogP contribution in [0.5, 0.6) is 0 Å². The molecule has 0 amide bonds. The minimum atomic E-state index is 0.735. The van der Waals surface area contributed by atoms with Gasteiger partial charge < -0.3 is 0 Å². The van der Waals surface area contributed by atoms with E-state index < -0.39 is 0 Å². The maximum Gasteiger partial charge on any atom is 0.235 e. The molecule has 124 valence electrons. The molecule has 1 aliphatic rings. The van der Waals surface area contributed by atoms with E-state index in [4.69, 9.17) is 11.6 Å². The third kappa shape index (κ3) is 3.50. The summed E-state index contributed by atoms with van der Waals surface area (Å²) in [5, 5.41) is 14.9. The lowest BCUT2D eigenvalue weighted by atomic mass is 10.1. The van der Waals surface area contributed by atoms with Gasteiger partial charge in [-0.25, -0.2) is 0 Å². The molecule has 4 rings (SSSR count). The van der Waals surface area contributed by atoms with Crippen LogP contribution in [0.4, 0.5) is 0 Å². The lowest BCUT2D eigenvalue weighted by molar-refractivity contribution is 0.214. The average molecular weight is 360 g/mol. The van der Waals surface area contributed by atoms with Crippen molar-refractivity contribution in [2.75, 3.05) is 13.1 Å². The van der Waals surface area contributed by atoms with Gasteiger partial charge in [-0.1, -0.05) is 47.6 Å². The fourth-order valence-corrected chi connectivity index (χ4v) is 3.89. The summed E-state index contributed by atoms with van der Waals surface area (Å²) >= 11 is 7.56. The molecule has 1 saturated heterocycles. The third-order valence-electron chi connectivity index (χ3n) is 4.15. The monoisotopic (exact) mass is 359 g/mol. The first-order valence-electron chi connectivity index (χ1n) is 8.15. The van der Waals surface area contributed by atoms with Crippen LogP contribution in [-0.4, -0.2) is 37.8 Å². The molecule has 3 aromatic rings. The first kappa shape index (κ1) is 15.7. The van der Waals surface area contributed by atoms with Gasteiger partial charge in [0, 0.05) is 5.02 Å². The van der Waals surface area contributed by atoms with E-state index >= 15 is 0 Å². The molecule has 3 heterocycles. The molecule has 0 atom stereocenters. The van der Waals surface area contributed by atoms with Crippen molar-refractivity contribution in [2.24, 2.45) is 0 Å². The van der Waals surface area contributed by atoms with E-state index in [0.717, 1.165) is 46.0 Å². The molecule has 24 heavy (non-hydrogen) atoms. The van der Waals surface area contributed by atoms with Crippen molar-refractivity contribution in [1.82, 2.24) is 24.7 Å². The van der Waals surface area contributed by atoms with Gasteiger partial charge in [0.05, 0.1) is 6.54 Å². The number of fused-ring (bicyclic) bond motifs is 1. The first-order chi connectivity index (χ1) is 11.8. The zero-order chi connectivity index (χ0) is 16.4. The molecule has 0 radical (unpaired) electrons. The van der Waals surface area contributed by atoms with Gasteiger partial charge in [-0.3, -0.25) is 4.90 Å². The zero-order valence-corrected chi connectivity index (χ0v) is 14.8. The Morgan fingerprint density at radius 1 is 1.12 bits per heavy atom. The molecule has 0 unspecified atom stereocenters. The van der Waals surface area contributed by atoms with Gasteiger partial charge in [0.2, 0.25) is 4.96 Å². The molecule has 1 aliphatic heterocycles. The Labute approximate surface area is 149 Å². The minimum absolute atomic E-state index is 0.735. The lowest BCUT2D eigenvalue weighted by Gasteiger charge is -2.25. The quantitative estimate of drug-likeness (QED) is 0.706. The fourth-order valence-electron chi connectivity index (χ4n) is 2.93. The number of hydrogen-bond acceptors (Lipinski definition) is 5. The van der Waals surface area contributed by atoms with Crippen LogP contribution in [0.15, 0.2) is 24.3 Å². The van der Waals surface area contributed by atoms with Gasteiger partial charge in [-0.05, 0) is 49.7 Å². The van der Waals surface area contributed by atoms with Gasteiger partial charge in [0.25, 0.3) is 0 Å². The molecule has 0 N–H and O–H groups in total. The number of hydrogen-bond donors (Lipinski definition) is 0. The SMILES string of the molecule is Clc1cccc(/C=C/c2nn3c(CN4CCCCC4)nnc3s2)c1. The van der Waals surface area contributed by atoms with E-state index in [1.807, 2.05) is 40.9 Å². The molecular weight excluding hydrogens is 342 g/mol. The maximum absolute atomic E-state index is 6.01. The Hall–Kier alpha value is -1.76. The molecule has 7 heteroatoms. The second-order valence-electron chi connectivity index (χ2n) is 5.98. The summed E-state index contributed by atoms with van der Waals surface area (Å²) in [4.78, 5) is 3.27. The Kier molecular flexibility index (Phi) is 4.60. The van der Waals surface area contributed by atoms with Crippen molar-refractivity contribution in [3.63, 3.8) is 0 Å². The van der Waals surface area contributed by atoms with Crippen LogP contribution in [0.25, 0.3) is 17.1 Å². The first-order valence-corrected chi connectivity index (χ1v) is 9.34. The molecule has 0 bridgehead atoms. The van der Waals surface area contributed by atoms with Crippen molar-refractivity contribution in [1.29, 1.82) is 0 Å². The Balaban J connectivity index is 1.53. The third-order valence-corrected chi connectivity index (χ3v) is 5.25. The van der Waals surface area contributed by atoms with Crippen molar-refractivity contribution in [2.45, 2.75) is 25.8 Å². The maximum atomic E-state index is 6.01. The number of halogens is 1. The van der Waals surface area contributed by atoms with E-state index in [0.29, 0.717) is 0 Å².